The molecule has 0 spiro atoms. The number of hydrogen-bond donors (Lipinski definition) is 0. The summed E-state index contributed by atoms with van der Waals surface area (Å²) in [5.41, 5.74) is 0. The van der Waals surface area contributed by atoms with Gasteiger partial charge in [0.2, 0.25) is 0 Å². The Kier molecular flexibility index (Phi) is 2.72. The van der Waals surface area contributed by atoms with Crippen LogP contribution in [0.25, 0.3) is 0 Å². The van der Waals surface area contributed by atoms with Crippen molar-refractivity contribution in [1.29, 1.82) is 0 Å². The molecule has 0 saturated heterocycles. The number of rotatable bonds is 2. The molecule has 5 nitrogen and oxygen atoms in total. The van der Waals surface area contributed by atoms with Crippen molar-refractivity contribution >= 4 is 10.2 Å². The third kappa shape index (κ3) is 2.88. The van der Waals surface area contributed by atoms with Gasteiger partial charge in [-0.25, -0.2) is 0 Å². The predicted octanol–water partition coefficient (Wildman–Crippen LogP) is 0.807. The summed E-state index contributed by atoms with van der Waals surface area (Å²) < 4.78 is 69.3. The maximum absolute atomic E-state index is 12.5. The smallest absolute Gasteiger partial charge is 0.291 e. The van der Waals surface area contributed by atoms with E-state index in [1.165, 1.54) is 0 Å². The van der Waals surface area contributed by atoms with Crippen LogP contribution >= 0.6 is 0 Å². The Morgan fingerprint density at radius 3 is 2.27 bits per heavy atom. The first kappa shape index (κ1) is 11.9. The first-order valence-electron chi connectivity index (χ1n) is 3.52. The molecule has 1 aromatic heterocycles. The average molecular weight is 247 g/mol. The quantitative estimate of drug-likeness (QED) is 0.573. The van der Waals surface area contributed by atoms with E-state index in [-0.39, 0.29) is 10.4 Å². The van der Waals surface area contributed by atoms with Gasteiger partial charge in [0.25, 0.3) is 5.16 Å². The van der Waals surface area contributed by atoms with Crippen LogP contribution in [0.2, 0.25) is 0 Å². The minimum absolute atomic E-state index is 0.148. The maximum atomic E-state index is 12.5. The van der Waals surface area contributed by atoms with Crippen LogP contribution in [-0.4, -0.2) is 29.4 Å². The van der Waals surface area contributed by atoms with Crippen molar-refractivity contribution in [3.8, 4) is 0 Å². The third-order valence-electron chi connectivity index (χ3n) is 1.46. The molecule has 1 aromatic rings. The lowest BCUT2D eigenvalue weighted by molar-refractivity contribution is -0.142. The lowest BCUT2D eigenvalue weighted by Crippen LogP contribution is -2.21. The second-order valence-corrected chi connectivity index (χ2v) is 3.91. The van der Waals surface area contributed by atoms with Crippen LogP contribution < -0.4 is 0 Å². The summed E-state index contributed by atoms with van der Waals surface area (Å²) in [4.78, 5) is 0. The fourth-order valence-corrected chi connectivity index (χ4v) is 1.50. The summed E-state index contributed by atoms with van der Waals surface area (Å²) in [7, 11) is -5.30. The van der Waals surface area contributed by atoms with Gasteiger partial charge >= 0.3 is 16.4 Å². The Labute approximate surface area is 81.9 Å². The van der Waals surface area contributed by atoms with E-state index in [9.17, 15) is 25.5 Å². The first-order valence-corrected chi connectivity index (χ1v) is 4.91. The second kappa shape index (κ2) is 3.43. The first-order chi connectivity index (χ1) is 6.61. The van der Waals surface area contributed by atoms with Gasteiger partial charge in [-0.2, -0.15) is 21.6 Å². The lowest BCUT2D eigenvalue weighted by atomic mass is 10.6. The van der Waals surface area contributed by atoms with E-state index in [1.54, 1.807) is 0 Å². The summed E-state index contributed by atoms with van der Waals surface area (Å²) in [5, 5.41) is 4.55. The molecule has 1 heterocycles. The van der Waals surface area contributed by atoms with Crippen molar-refractivity contribution in [1.82, 2.24) is 14.8 Å². The molecular formula is C5H5F4N3O2S. The van der Waals surface area contributed by atoms with Crippen molar-refractivity contribution in [2.24, 2.45) is 0 Å². The number of halogens is 4. The van der Waals surface area contributed by atoms with E-state index in [4.69, 9.17) is 0 Å². The van der Waals surface area contributed by atoms with Crippen LogP contribution in [0, 0.1) is 6.92 Å². The molecule has 15 heavy (non-hydrogen) atoms. The van der Waals surface area contributed by atoms with Crippen molar-refractivity contribution < 1.29 is 25.5 Å². The molecule has 0 N–H and O–H groups in total. The number of aromatic nitrogens is 3. The molecule has 86 valence electrons. The normalized spacial score (nSPS) is 13.1. The Morgan fingerprint density at radius 2 is 1.87 bits per heavy atom. The molecule has 0 aliphatic carbocycles. The van der Waals surface area contributed by atoms with Gasteiger partial charge in [0.15, 0.2) is 0 Å². The number of nitrogens with zero attached hydrogens (tertiary/aromatic N) is 3. The fraction of sp³-hybridized carbons (Fsp3) is 0.600. The molecule has 0 amide bonds. The highest BCUT2D eigenvalue weighted by atomic mass is 32.3. The molecule has 10 heteroatoms. The molecule has 0 aromatic carbocycles. The molecule has 0 aliphatic heterocycles. The summed E-state index contributed by atoms with van der Waals surface area (Å²) in [5.74, 6) is -0.330. The Morgan fingerprint density at radius 1 is 1.33 bits per heavy atom. The summed E-state index contributed by atoms with van der Waals surface area (Å²) in [6, 6.07) is 0. The van der Waals surface area contributed by atoms with Crippen LogP contribution in [0.1, 0.15) is 5.82 Å². The fourth-order valence-electron chi connectivity index (χ4n) is 0.903. The van der Waals surface area contributed by atoms with Crippen LogP contribution in [0.5, 0.6) is 0 Å². The van der Waals surface area contributed by atoms with Crippen LogP contribution in [0.3, 0.4) is 0 Å². The van der Waals surface area contributed by atoms with Gasteiger partial charge in [0, 0.05) is 0 Å². The highest BCUT2D eigenvalue weighted by Gasteiger charge is 2.33. The van der Waals surface area contributed by atoms with Gasteiger partial charge in [-0.3, -0.25) is 4.57 Å². The summed E-state index contributed by atoms with van der Waals surface area (Å²) in [6.45, 7) is -0.558. The molecule has 0 fully saturated rings. The highest BCUT2D eigenvalue weighted by Crippen LogP contribution is 2.21. The molecular weight excluding hydrogens is 242 g/mol. The van der Waals surface area contributed by atoms with Gasteiger partial charge in [0.05, 0.1) is 0 Å². The Hall–Kier alpha value is -1.19. The molecule has 0 unspecified atom stereocenters. The Balaban J connectivity index is 3.23. The number of alkyl halides is 3. The van der Waals surface area contributed by atoms with E-state index in [1.807, 2.05) is 0 Å². The van der Waals surface area contributed by atoms with Crippen molar-refractivity contribution in [3.05, 3.63) is 5.82 Å². The second-order valence-electron chi connectivity index (χ2n) is 2.67. The van der Waals surface area contributed by atoms with E-state index < -0.39 is 28.1 Å². The maximum Gasteiger partial charge on any atom is 0.406 e. The zero-order valence-electron chi connectivity index (χ0n) is 7.29. The number of hydrogen-bond acceptors (Lipinski definition) is 4. The van der Waals surface area contributed by atoms with Gasteiger partial charge in [0.1, 0.15) is 12.4 Å². The zero-order chi connectivity index (χ0) is 11.9. The molecule has 0 atom stereocenters. The van der Waals surface area contributed by atoms with Gasteiger partial charge < -0.3 is 0 Å². The third-order valence-corrected chi connectivity index (χ3v) is 2.20. The van der Waals surface area contributed by atoms with Crippen LogP contribution in [0.4, 0.5) is 17.1 Å². The standard InChI is InChI=1S/C5H5F4N3O2S/c1-3-10-11-4(15(9,13)14)12(3)2-5(6,7)8/h2H2,1H3. The summed E-state index contributed by atoms with van der Waals surface area (Å²) >= 11 is 0. The molecule has 0 radical (unpaired) electrons. The topological polar surface area (TPSA) is 64.8 Å². The molecule has 0 bridgehead atoms. The van der Waals surface area contributed by atoms with E-state index in [0.29, 0.717) is 0 Å². The highest BCUT2D eigenvalue weighted by molar-refractivity contribution is 7.86. The van der Waals surface area contributed by atoms with Gasteiger partial charge in [-0.1, -0.05) is 3.89 Å². The van der Waals surface area contributed by atoms with E-state index in [0.717, 1.165) is 6.92 Å². The number of aryl methyl sites for hydroxylation is 1. The van der Waals surface area contributed by atoms with E-state index >= 15 is 0 Å². The van der Waals surface area contributed by atoms with Gasteiger partial charge in [-0.05, 0) is 6.92 Å². The minimum Gasteiger partial charge on any atom is -0.291 e. The SMILES string of the molecule is Cc1nnc(S(=O)(=O)F)n1CC(F)(F)F. The lowest BCUT2D eigenvalue weighted by Gasteiger charge is -2.09. The molecule has 0 saturated carbocycles. The molecule has 1 rings (SSSR count). The van der Waals surface area contributed by atoms with Crippen molar-refractivity contribution in [3.63, 3.8) is 0 Å². The minimum atomic E-state index is -5.30. The predicted molar refractivity (Wildman–Crippen MR) is 39.1 cm³/mol. The average Bonchev–Trinajstić information content (AvgIpc) is 2.28. The van der Waals surface area contributed by atoms with Crippen molar-refractivity contribution in [2.75, 3.05) is 0 Å². The van der Waals surface area contributed by atoms with Crippen molar-refractivity contribution in [2.45, 2.75) is 24.8 Å². The largest absolute Gasteiger partial charge is 0.406 e. The van der Waals surface area contributed by atoms with Crippen LogP contribution in [0.15, 0.2) is 5.16 Å². The summed E-state index contributed by atoms with van der Waals surface area (Å²) in [6.07, 6.45) is -4.67. The molecule has 0 aliphatic rings. The van der Waals surface area contributed by atoms with Gasteiger partial charge in [-0.15, -0.1) is 10.2 Å². The zero-order valence-corrected chi connectivity index (χ0v) is 8.10. The monoisotopic (exact) mass is 247 g/mol. The van der Waals surface area contributed by atoms with Crippen LogP contribution in [-0.2, 0) is 16.8 Å². The van der Waals surface area contributed by atoms with E-state index in [2.05, 4.69) is 10.2 Å². The Bertz CT molecular complexity index is 463.